The van der Waals surface area contributed by atoms with Crippen LogP contribution >= 0.6 is 22.9 Å². The summed E-state index contributed by atoms with van der Waals surface area (Å²) in [5.41, 5.74) is 1.95. The fraction of sp³-hybridized carbons (Fsp3) is 0.100. The summed E-state index contributed by atoms with van der Waals surface area (Å²) in [4.78, 5) is 13.9. The van der Waals surface area contributed by atoms with Crippen molar-refractivity contribution in [3.63, 3.8) is 0 Å². The second-order valence-electron chi connectivity index (χ2n) is 6.10. The minimum Gasteiger partial charge on any atom is -0.319 e. The molecule has 0 saturated heterocycles. The monoisotopic (exact) mass is 399 g/mol. The highest BCUT2D eigenvalue weighted by atomic mass is 35.5. The first-order valence-corrected chi connectivity index (χ1v) is 9.48. The molecular formula is C20H15ClFN3OS. The van der Waals surface area contributed by atoms with E-state index < -0.39 is 5.82 Å². The van der Waals surface area contributed by atoms with Gasteiger partial charge < -0.3 is 5.32 Å². The van der Waals surface area contributed by atoms with Crippen molar-refractivity contribution >= 4 is 44.7 Å². The van der Waals surface area contributed by atoms with Crippen LogP contribution in [-0.4, -0.2) is 15.7 Å². The molecule has 0 aliphatic rings. The number of hydrogen-bond acceptors (Lipinski definition) is 3. The molecule has 27 heavy (non-hydrogen) atoms. The van der Waals surface area contributed by atoms with Gasteiger partial charge in [-0.15, -0.1) is 11.3 Å². The Morgan fingerprint density at radius 3 is 2.74 bits per heavy atom. The number of nitrogens with zero attached hydrogens (tertiary/aromatic N) is 2. The lowest BCUT2D eigenvalue weighted by atomic mass is 10.2. The summed E-state index contributed by atoms with van der Waals surface area (Å²) < 4.78 is 15.6. The number of anilines is 1. The Kier molecular flexibility index (Phi) is 4.68. The van der Waals surface area contributed by atoms with E-state index in [0.717, 1.165) is 21.5 Å². The van der Waals surface area contributed by atoms with E-state index in [4.69, 9.17) is 11.6 Å². The molecule has 2 aromatic carbocycles. The summed E-state index contributed by atoms with van der Waals surface area (Å²) in [6, 6.07) is 15.5. The third-order valence-corrected chi connectivity index (χ3v) is 5.75. The second kappa shape index (κ2) is 7.13. The number of aromatic nitrogens is 2. The first-order valence-electron chi connectivity index (χ1n) is 8.29. The van der Waals surface area contributed by atoms with Crippen LogP contribution in [0.3, 0.4) is 0 Å². The number of halogens is 2. The highest BCUT2D eigenvalue weighted by molar-refractivity contribution is 7.20. The van der Waals surface area contributed by atoms with Crippen LogP contribution in [0.2, 0.25) is 5.02 Å². The van der Waals surface area contributed by atoms with Crippen molar-refractivity contribution in [2.24, 2.45) is 0 Å². The number of amides is 1. The molecule has 4 rings (SSSR count). The summed E-state index contributed by atoms with van der Waals surface area (Å²) in [7, 11) is 0. The molecule has 0 unspecified atom stereocenters. The zero-order valence-electron chi connectivity index (χ0n) is 14.4. The van der Waals surface area contributed by atoms with Gasteiger partial charge in [-0.05, 0) is 36.8 Å². The smallest absolute Gasteiger partial charge is 0.265 e. The quantitative estimate of drug-likeness (QED) is 0.492. The average Bonchev–Trinajstić information content (AvgIpc) is 3.21. The number of carbonyl (C=O) groups is 1. The van der Waals surface area contributed by atoms with Crippen molar-refractivity contribution in [3.05, 3.63) is 81.6 Å². The number of aryl methyl sites for hydroxylation is 1. The molecule has 0 aliphatic heterocycles. The molecule has 1 N–H and O–H groups in total. The van der Waals surface area contributed by atoms with Gasteiger partial charge in [0.1, 0.15) is 10.6 Å². The second-order valence-corrected chi connectivity index (χ2v) is 7.54. The predicted molar refractivity (Wildman–Crippen MR) is 107 cm³/mol. The third kappa shape index (κ3) is 3.46. The Labute approximate surface area is 164 Å². The largest absolute Gasteiger partial charge is 0.319 e. The summed E-state index contributed by atoms with van der Waals surface area (Å²) >= 11 is 7.58. The van der Waals surface area contributed by atoms with E-state index in [-0.39, 0.29) is 11.6 Å². The summed E-state index contributed by atoms with van der Waals surface area (Å²) in [6.45, 7) is 2.41. The van der Waals surface area contributed by atoms with Crippen LogP contribution in [0.1, 0.15) is 20.9 Å². The molecule has 0 aliphatic carbocycles. The van der Waals surface area contributed by atoms with Crippen LogP contribution < -0.4 is 5.32 Å². The van der Waals surface area contributed by atoms with Gasteiger partial charge in [-0.3, -0.25) is 9.48 Å². The molecule has 4 nitrogen and oxygen atoms in total. The predicted octanol–water partition coefficient (Wildman–Crippen LogP) is 5.50. The van der Waals surface area contributed by atoms with Crippen LogP contribution in [-0.2, 0) is 6.54 Å². The number of para-hydroxylation sites is 1. The lowest BCUT2D eigenvalue weighted by molar-refractivity contribution is 0.103. The lowest BCUT2D eigenvalue weighted by Gasteiger charge is -2.05. The SMILES string of the molecule is Cc1nn(Cc2ccccc2Cl)c2sc(C(=O)Nc3ccccc3F)cc12. The summed E-state index contributed by atoms with van der Waals surface area (Å²) in [5.74, 6) is -0.807. The molecule has 0 spiro atoms. The van der Waals surface area contributed by atoms with Gasteiger partial charge in [0.05, 0.1) is 22.8 Å². The standard InChI is InChI=1S/C20H15ClFN3OS/c1-12-14-10-18(19(26)23-17-9-5-4-8-16(17)22)27-20(14)25(24-12)11-13-6-2-3-7-15(13)21/h2-10H,11H2,1H3,(H,23,26). The van der Waals surface area contributed by atoms with Crippen molar-refractivity contribution in [1.29, 1.82) is 0 Å². The lowest BCUT2D eigenvalue weighted by Crippen LogP contribution is -2.11. The number of thiophene rings is 1. The summed E-state index contributed by atoms with van der Waals surface area (Å²) in [6.07, 6.45) is 0. The Bertz CT molecular complexity index is 1150. The molecular weight excluding hydrogens is 385 g/mol. The van der Waals surface area contributed by atoms with Gasteiger partial charge in [-0.1, -0.05) is 41.9 Å². The molecule has 2 heterocycles. The zero-order chi connectivity index (χ0) is 19.0. The van der Waals surface area contributed by atoms with Crippen LogP contribution in [0, 0.1) is 12.7 Å². The Hall–Kier alpha value is -2.70. The normalized spacial score (nSPS) is 11.1. The van der Waals surface area contributed by atoms with Crippen LogP contribution in [0.15, 0.2) is 54.6 Å². The highest BCUT2D eigenvalue weighted by Gasteiger charge is 2.18. The molecule has 2 aromatic heterocycles. The van der Waals surface area contributed by atoms with E-state index in [1.54, 1.807) is 18.2 Å². The van der Waals surface area contributed by atoms with E-state index in [9.17, 15) is 9.18 Å². The van der Waals surface area contributed by atoms with E-state index in [1.807, 2.05) is 35.9 Å². The Morgan fingerprint density at radius 1 is 1.22 bits per heavy atom. The Balaban J connectivity index is 1.65. The number of benzene rings is 2. The van der Waals surface area contributed by atoms with Gasteiger partial charge in [-0.2, -0.15) is 5.10 Å². The highest BCUT2D eigenvalue weighted by Crippen LogP contribution is 2.30. The number of hydrogen-bond donors (Lipinski definition) is 1. The molecule has 0 saturated carbocycles. The molecule has 7 heteroatoms. The minimum absolute atomic E-state index is 0.161. The van der Waals surface area contributed by atoms with E-state index >= 15 is 0 Å². The van der Waals surface area contributed by atoms with Gasteiger partial charge in [0.15, 0.2) is 0 Å². The maximum Gasteiger partial charge on any atom is 0.265 e. The topological polar surface area (TPSA) is 46.9 Å². The molecule has 4 aromatic rings. The fourth-order valence-electron chi connectivity index (χ4n) is 2.87. The molecule has 0 radical (unpaired) electrons. The third-order valence-electron chi connectivity index (χ3n) is 4.23. The van der Waals surface area contributed by atoms with E-state index in [0.29, 0.717) is 16.4 Å². The van der Waals surface area contributed by atoms with Crippen molar-refractivity contribution in [2.75, 3.05) is 5.32 Å². The van der Waals surface area contributed by atoms with Crippen LogP contribution in [0.5, 0.6) is 0 Å². The van der Waals surface area contributed by atoms with Gasteiger partial charge in [0, 0.05) is 10.4 Å². The fourth-order valence-corrected chi connectivity index (χ4v) is 4.12. The maximum absolute atomic E-state index is 13.8. The van der Waals surface area contributed by atoms with Gasteiger partial charge >= 0.3 is 0 Å². The van der Waals surface area contributed by atoms with Crippen LogP contribution in [0.25, 0.3) is 10.2 Å². The van der Waals surface area contributed by atoms with Crippen molar-refractivity contribution in [3.8, 4) is 0 Å². The molecule has 0 bridgehead atoms. The molecule has 136 valence electrons. The number of fused-ring (bicyclic) bond motifs is 1. The van der Waals surface area contributed by atoms with Gasteiger partial charge in [0.25, 0.3) is 5.91 Å². The number of rotatable bonds is 4. The minimum atomic E-state index is -0.465. The summed E-state index contributed by atoms with van der Waals surface area (Å²) in [5, 5.41) is 8.76. The van der Waals surface area contributed by atoms with E-state index in [2.05, 4.69) is 10.4 Å². The first-order chi connectivity index (χ1) is 13.0. The molecule has 0 atom stereocenters. The zero-order valence-corrected chi connectivity index (χ0v) is 15.9. The van der Waals surface area contributed by atoms with Crippen molar-refractivity contribution in [2.45, 2.75) is 13.5 Å². The number of nitrogens with one attached hydrogen (secondary N) is 1. The number of carbonyl (C=O) groups excluding carboxylic acids is 1. The van der Waals surface area contributed by atoms with Gasteiger partial charge in [0.2, 0.25) is 0 Å². The van der Waals surface area contributed by atoms with Crippen molar-refractivity contribution < 1.29 is 9.18 Å². The Morgan fingerprint density at radius 2 is 1.96 bits per heavy atom. The molecule has 0 fully saturated rings. The maximum atomic E-state index is 13.8. The van der Waals surface area contributed by atoms with E-state index in [1.165, 1.54) is 23.5 Å². The average molecular weight is 400 g/mol. The van der Waals surface area contributed by atoms with Crippen LogP contribution in [0.4, 0.5) is 10.1 Å². The molecule has 1 amide bonds. The first kappa shape index (κ1) is 17.7. The van der Waals surface area contributed by atoms with Crippen molar-refractivity contribution in [1.82, 2.24) is 9.78 Å². The van der Waals surface area contributed by atoms with Gasteiger partial charge in [-0.25, -0.2) is 4.39 Å².